The predicted molar refractivity (Wildman–Crippen MR) is 91.6 cm³/mol. The van der Waals surface area contributed by atoms with Gasteiger partial charge in [-0.1, -0.05) is 6.42 Å². The number of hydrogen-bond acceptors (Lipinski definition) is 4. The average Bonchev–Trinajstić information content (AvgIpc) is 3.14. The number of hydrogen-bond donors (Lipinski definition) is 0. The Morgan fingerprint density at radius 3 is 2.67 bits per heavy atom. The van der Waals surface area contributed by atoms with Gasteiger partial charge in [0.2, 0.25) is 5.91 Å². The van der Waals surface area contributed by atoms with Crippen molar-refractivity contribution in [3.05, 3.63) is 0 Å². The summed E-state index contributed by atoms with van der Waals surface area (Å²) in [6, 6.07) is 0. The van der Waals surface area contributed by atoms with E-state index in [1.165, 1.54) is 30.6 Å². The van der Waals surface area contributed by atoms with Crippen LogP contribution in [-0.4, -0.2) is 53.4 Å². The van der Waals surface area contributed by atoms with Crippen LogP contribution >= 0.6 is 0 Å². The third kappa shape index (κ3) is 3.90. The van der Waals surface area contributed by atoms with Gasteiger partial charge >= 0.3 is 6.09 Å². The van der Waals surface area contributed by atoms with Crippen LogP contribution in [0.2, 0.25) is 0 Å². The number of ether oxygens (including phenoxy) is 1. The van der Waals surface area contributed by atoms with E-state index in [1.54, 1.807) is 12.1 Å². The van der Waals surface area contributed by atoms with Crippen molar-refractivity contribution in [2.75, 3.05) is 20.1 Å². The number of nitrogens with zero attached hydrogens (tertiary/aromatic N) is 3. The van der Waals surface area contributed by atoms with Gasteiger partial charge in [0.1, 0.15) is 5.60 Å². The molecule has 24 heavy (non-hydrogen) atoms. The first-order valence-corrected chi connectivity index (χ1v) is 9.02. The minimum atomic E-state index is -0.521. The van der Waals surface area contributed by atoms with E-state index in [2.05, 4.69) is 5.10 Å². The molecule has 2 amide bonds. The zero-order valence-electron chi connectivity index (χ0n) is 15.2. The minimum absolute atomic E-state index is 0.0605. The zero-order valence-corrected chi connectivity index (χ0v) is 15.2. The van der Waals surface area contributed by atoms with Crippen molar-refractivity contribution in [3.63, 3.8) is 0 Å². The number of fused-ring (bicyclic) bond motifs is 2. The SMILES string of the molecule is CN(CC1=NN(CC2CC3CCC2C3)C(=O)C1)C(=O)OC(C)(C)C. The average molecular weight is 335 g/mol. The third-order valence-corrected chi connectivity index (χ3v) is 5.32. The summed E-state index contributed by atoms with van der Waals surface area (Å²) in [4.78, 5) is 25.7. The van der Waals surface area contributed by atoms with Crippen LogP contribution < -0.4 is 0 Å². The largest absolute Gasteiger partial charge is 0.444 e. The lowest BCUT2D eigenvalue weighted by atomic mass is 9.89. The standard InChI is InChI=1S/C18H29N3O3/c1-18(2,3)24-17(23)20(4)11-15-9-16(22)21(19-15)10-14-8-12-5-6-13(14)7-12/h12-14H,5-11H2,1-4H3. The van der Waals surface area contributed by atoms with Crippen LogP contribution in [0.5, 0.6) is 0 Å². The highest BCUT2D eigenvalue weighted by Gasteiger charge is 2.41. The molecular weight excluding hydrogens is 306 g/mol. The smallest absolute Gasteiger partial charge is 0.410 e. The third-order valence-electron chi connectivity index (χ3n) is 5.32. The number of carbonyl (C=O) groups is 2. The van der Waals surface area contributed by atoms with Crippen LogP contribution in [-0.2, 0) is 9.53 Å². The summed E-state index contributed by atoms with van der Waals surface area (Å²) in [7, 11) is 1.68. The molecular formula is C18H29N3O3. The molecule has 2 bridgehead atoms. The summed E-state index contributed by atoms with van der Waals surface area (Å²) in [6.45, 7) is 6.61. The molecule has 2 saturated carbocycles. The van der Waals surface area contributed by atoms with Crippen LogP contribution in [0.3, 0.4) is 0 Å². The Morgan fingerprint density at radius 2 is 2.08 bits per heavy atom. The summed E-state index contributed by atoms with van der Waals surface area (Å²) in [5.41, 5.74) is 0.225. The molecule has 1 heterocycles. The first-order valence-electron chi connectivity index (χ1n) is 9.02. The fourth-order valence-electron chi connectivity index (χ4n) is 4.26. The topological polar surface area (TPSA) is 62.2 Å². The predicted octanol–water partition coefficient (Wildman–Crippen LogP) is 2.88. The van der Waals surface area contributed by atoms with Gasteiger partial charge in [0.05, 0.1) is 18.7 Å². The zero-order chi connectivity index (χ0) is 17.5. The van der Waals surface area contributed by atoms with Gasteiger partial charge in [0.25, 0.3) is 0 Å². The van der Waals surface area contributed by atoms with Crippen LogP contribution in [0.4, 0.5) is 4.79 Å². The van der Waals surface area contributed by atoms with E-state index in [1.807, 2.05) is 20.8 Å². The van der Waals surface area contributed by atoms with Gasteiger partial charge in [-0.3, -0.25) is 4.79 Å². The second-order valence-corrected chi connectivity index (χ2v) is 8.59. The molecule has 0 spiro atoms. The van der Waals surface area contributed by atoms with E-state index in [-0.39, 0.29) is 12.0 Å². The number of rotatable bonds is 4. The van der Waals surface area contributed by atoms with Crippen molar-refractivity contribution in [3.8, 4) is 0 Å². The first kappa shape index (κ1) is 17.2. The van der Waals surface area contributed by atoms with Gasteiger partial charge in [-0.15, -0.1) is 0 Å². The van der Waals surface area contributed by atoms with E-state index in [9.17, 15) is 9.59 Å². The van der Waals surface area contributed by atoms with Gasteiger partial charge in [0, 0.05) is 13.6 Å². The highest BCUT2D eigenvalue weighted by molar-refractivity contribution is 6.06. The van der Waals surface area contributed by atoms with Crippen molar-refractivity contribution in [1.29, 1.82) is 0 Å². The van der Waals surface area contributed by atoms with E-state index >= 15 is 0 Å². The highest BCUT2D eigenvalue weighted by Crippen LogP contribution is 2.48. The Balaban J connectivity index is 1.53. The Hall–Kier alpha value is -1.59. The van der Waals surface area contributed by atoms with E-state index in [4.69, 9.17) is 4.74 Å². The molecule has 2 aliphatic carbocycles. The van der Waals surface area contributed by atoms with Crippen LogP contribution in [0.1, 0.15) is 52.9 Å². The van der Waals surface area contributed by atoms with E-state index in [0.29, 0.717) is 18.9 Å². The summed E-state index contributed by atoms with van der Waals surface area (Å²) in [5, 5.41) is 6.13. The Kier molecular flexibility index (Phi) is 4.58. The van der Waals surface area contributed by atoms with E-state index < -0.39 is 5.60 Å². The van der Waals surface area contributed by atoms with Crippen LogP contribution in [0.15, 0.2) is 5.10 Å². The Bertz CT molecular complexity index is 552. The molecule has 2 fully saturated rings. The lowest BCUT2D eigenvalue weighted by molar-refractivity contribution is -0.129. The van der Waals surface area contributed by atoms with Crippen molar-refractivity contribution in [1.82, 2.24) is 9.91 Å². The second-order valence-electron chi connectivity index (χ2n) is 8.59. The summed E-state index contributed by atoms with van der Waals surface area (Å²) in [6.07, 6.45) is 5.19. The normalized spacial score (nSPS) is 29.2. The fraction of sp³-hybridized carbons (Fsp3) is 0.833. The number of hydrazone groups is 1. The molecule has 6 heteroatoms. The minimum Gasteiger partial charge on any atom is -0.444 e. The summed E-state index contributed by atoms with van der Waals surface area (Å²) in [5.74, 6) is 2.33. The molecule has 0 aromatic rings. The lowest BCUT2D eigenvalue weighted by Gasteiger charge is -2.25. The molecule has 3 atom stereocenters. The second kappa shape index (κ2) is 6.37. The number of amides is 2. The fourth-order valence-corrected chi connectivity index (χ4v) is 4.26. The summed E-state index contributed by atoms with van der Waals surface area (Å²) >= 11 is 0. The molecule has 0 aromatic carbocycles. The maximum absolute atomic E-state index is 12.2. The first-order chi connectivity index (χ1) is 11.2. The molecule has 1 aliphatic heterocycles. The van der Waals surface area contributed by atoms with Crippen molar-refractivity contribution in [2.45, 2.75) is 58.5 Å². The lowest BCUT2D eigenvalue weighted by Crippen LogP contribution is -2.37. The van der Waals surface area contributed by atoms with Crippen LogP contribution in [0.25, 0.3) is 0 Å². The quantitative estimate of drug-likeness (QED) is 0.793. The molecule has 3 rings (SSSR count). The molecule has 6 nitrogen and oxygen atoms in total. The number of carbonyl (C=O) groups excluding carboxylic acids is 2. The molecule has 0 radical (unpaired) electrons. The molecule has 3 aliphatic rings. The molecule has 0 N–H and O–H groups in total. The molecule has 0 aromatic heterocycles. The van der Waals surface area contributed by atoms with Gasteiger partial charge in [0.15, 0.2) is 0 Å². The van der Waals surface area contributed by atoms with Crippen molar-refractivity contribution < 1.29 is 14.3 Å². The van der Waals surface area contributed by atoms with Crippen molar-refractivity contribution in [2.24, 2.45) is 22.9 Å². The van der Waals surface area contributed by atoms with Gasteiger partial charge in [-0.05, 0) is 57.8 Å². The van der Waals surface area contributed by atoms with Crippen LogP contribution in [0, 0.1) is 17.8 Å². The van der Waals surface area contributed by atoms with Gasteiger partial charge in [-0.2, -0.15) is 5.10 Å². The maximum Gasteiger partial charge on any atom is 0.410 e. The van der Waals surface area contributed by atoms with Crippen molar-refractivity contribution >= 4 is 17.7 Å². The molecule has 0 saturated heterocycles. The summed E-state index contributed by atoms with van der Waals surface area (Å²) < 4.78 is 5.34. The highest BCUT2D eigenvalue weighted by atomic mass is 16.6. The maximum atomic E-state index is 12.2. The molecule has 134 valence electrons. The molecule has 3 unspecified atom stereocenters. The Labute approximate surface area is 144 Å². The van der Waals surface area contributed by atoms with E-state index in [0.717, 1.165) is 24.1 Å². The van der Waals surface area contributed by atoms with Gasteiger partial charge < -0.3 is 9.64 Å². The monoisotopic (exact) mass is 335 g/mol. The Morgan fingerprint density at radius 1 is 1.33 bits per heavy atom. The van der Waals surface area contributed by atoms with Gasteiger partial charge in [-0.25, -0.2) is 9.80 Å².